The van der Waals surface area contributed by atoms with Gasteiger partial charge in [0.2, 0.25) is 0 Å². The van der Waals surface area contributed by atoms with E-state index in [0.717, 1.165) is 6.54 Å². The molecule has 1 N–H and O–H groups in total. The molecule has 1 aromatic carbocycles. The van der Waals surface area contributed by atoms with Gasteiger partial charge in [-0.15, -0.1) is 0 Å². The number of aryl methyl sites for hydroxylation is 1. The van der Waals surface area contributed by atoms with Crippen LogP contribution in [0, 0.1) is 12.3 Å². The molecule has 0 saturated heterocycles. The second-order valence-electron chi connectivity index (χ2n) is 5.90. The Bertz CT molecular complexity index is 305. The fourth-order valence-electron chi connectivity index (χ4n) is 1.64. The quantitative estimate of drug-likeness (QED) is 0.804. The molecular formula is C15H25N. The molecule has 1 rings (SSSR count). The van der Waals surface area contributed by atoms with E-state index >= 15 is 0 Å². The molecule has 16 heavy (non-hydrogen) atoms. The summed E-state index contributed by atoms with van der Waals surface area (Å²) in [4.78, 5) is 0. The van der Waals surface area contributed by atoms with E-state index in [1.54, 1.807) is 0 Å². The summed E-state index contributed by atoms with van der Waals surface area (Å²) in [7, 11) is 0. The molecule has 0 aliphatic rings. The van der Waals surface area contributed by atoms with Gasteiger partial charge < -0.3 is 5.32 Å². The van der Waals surface area contributed by atoms with Crippen molar-refractivity contribution in [3.05, 3.63) is 35.4 Å². The number of hydrogen-bond donors (Lipinski definition) is 1. The molecule has 0 fully saturated rings. The predicted octanol–water partition coefficient (Wildman–Crippen LogP) is 4.08. The van der Waals surface area contributed by atoms with Crippen LogP contribution in [0.5, 0.6) is 0 Å². The third-order valence-corrected chi connectivity index (χ3v) is 2.90. The smallest absolute Gasteiger partial charge is 0.0291 e. The minimum absolute atomic E-state index is 0.417. The maximum absolute atomic E-state index is 3.57. The van der Waals surface area contributed by atoms with Crippen LogP contribution in [-0.2, 0) is 0 Å². The average Bonchev–Trinajstić information content (AvgIpc) is 2.16. The van der Waals surface area contributed by atoms with Crippen LogP contribution in [0.4, 0.5) is 0 Å². The lowest BCUT2D eigenvalue weighted by Crippen LogP contribution is -2.23. The lowest BCUT2D eigenvalue weighted by atomic mass is 9.92. The molecule has 0 heterocycles. The van der Waals surface area contributed by atoms with Gasteiger partial charge in [-0.25, -0.2) is 0 Å². The Morgan fingerprint density at radius 2 is 1.69 bits per heavy atom. The Morgan fingerprint density at radius 1 is 1.12 bits per heavy atom. The molecule has 1 unspecified atom stereocenters. The zero-order valence-corrected chi connectivity index (χ0v) is 11.3. The van der Waals surface area contributed by atoms with Gasteiger partial charge in [0.25, 0.3) is 0 Å². The van der Waals surface area contributed by atoms with Crippen molar-refractivity contribution in [1.82, 2.24) is 5.32 Å². The zero-order valence-electron chi connectivity index (χ0n) is 11.3. The monoisotopic (exact) mass is 219 g/mol. The number of hydrogen-bond acceptors (Lipinski definition) is 1. The molecule has 0 saturated carbocycles. The van der Waals surface area contributed by atoms with Crippen molar-refractivity contribution in [2.75, 3.05) is 6.54 Å². The summed E-state index contributed by atoms with van der Waals surface area (Å²) in [6, 6.07) is 9.23. The standard InChI is InChI=1S/C15H25N/c1-12-6-8-14(9-7-12)13(2)16-11-10-15(3,4)5/h6-9,13,16H,10-11H2,1-5H3. The summed E-state index contributed by atoms with van der Waals surface area (Å²) in [6.45, 7) is 12.3. The molecule has 0 aromatic heterocycles. The van der Waals surface area contributed by atoms with Crippen LogP contribution in [0.25, 0.3) is 0 Å². The van der Waals surface area contributed by atoms with Gasteiger partial charge in [-0.1, -0.05) is 50.6 Å². The Morgan fingerprint density at radius 3 is 2.19 bits per heavy atom. The molecule has 0 aliphatic heterocycles. The van der Waals surface area contributed by atoms with E-state index in [0.29, 0.717) is 11.5 Å². The van der Waals surface area contributed by atoms with Crippen molar-refractivity contribution >= 4 is 0 Å². The highest BCUT2D eigenvalue weighted by Gasteiger charge is 2.10. The Balaban J connectivity index is 2.41. The first kappa shape index (κ1) is 13.2. The van der Waals surface area contributed by atoms with E-state index in [4.69, 9.17) is 0 Å². The van der Waals surface area contributed by atoms with Gasteiger partial charge in [0.15, 0.2) is 0 Å². The van der Waals surface area contributed by atoms with Crippen molar-refractivity contribution in [2.45, 2.75) is 47.1 Å². The lowest BCUT2D eigenvalue weighted by molar-refractivity contribution is 0.358. The first-order valence-corrected chi connectivity index (χ1v) is 6.18. The van der Waals surface area contributed by atoms with E-state index in [1.165, 1.54) is 17.5 Å². The van der Waals surface area contributed by atoms with Gasteiger partial charge >= 0.3 is 0 Å². The first-order chi connectivity index (χ1) is 7.38. The van der Waals surface area contributed by atoms with E-state index in [9.17, 15) is 0 Å². The van der Waals surface area contributed by atoms with Gasteiger partial charge in [0.05, 0.1) is 0 Å². The Labute approximate surface area is 100 Å². The molecule has 1 heteroatoms. The average molecular weight is 219 g/mol. The lowest BCUT2D eigenvalue weighted by Gasteiger charge is -2.21. The normalized spacial score (nSPS) is 13.8. The van der Waals surface area contributed by atoms with Crippen LogP contribution in [0.15, 0.2) is 24.3 Å². The molecule has 0 spiro atoms. The maximum atomic E-state index is 3.57. The van der Waals surface area contributed by atoms with Crippen LogP contribution >= 0.6 is 0 Å². The van der Waals surface area contributed by atoms with Gasteiger partial charge in [-0.3, -0.25) is 0 Å². The van der Waals surface area contributed by atoms with Crippen molar-refractivity contribution < 1.29 is 0 Å². The van der Waals surface area contributed by atoms with Crippen LogP contribution in [-0.4, -0.2) is 6.54 Å². The van der Waals surface area contributed by atoms with Crippen LogP contribution < -0.4 is 5.32 Å². The second-order valence-corrected chi connectivity index (χ2v) is 5.90. The van der Waals surface area contributed by atoms with Crippen molar-refractivity contribution in [3.8, 4) is 0 Å². The van der Waals surface area contributed by atoms with Crippen LogP contribution in [0.1, 0.15) is 51.3 Å². The zero-order chi connectivity index (χ0) is 12.2. The minimum Gasteiger partial charge on any atom is -0.310 e. The minimum atomic E-state index is 0.417. The van der Waals surface area contributed by atoms with Gasteiger partial charge in [-0.05, 0) is 37.8 Å². The maximum Gasteiger partial charge on any atom is 0.0291 e. The van der Waals surface area contributed by atoms with Crippen molar-refractivity contribution in [2.24, 2.45) is 5.41 Å². The third kappa shape index (κ3) is 4.80. The molecule has 1 atom stereocenters. The van der Waals surface area contributed by atoms with E-state index in [1.807, 2.05) is 0 Å². The highest BCUT2D eigenvalue weighted by atomic mass is 14.9. The Kier molecular flexibility index (Phi) is 4.55. The van der Waals surface area contributed by atoms with E-state index in [-0.39, 0.29) is 0 Å². The summed E-state index contributed by atoms with van der Waals surface area (Å²) >= 11 is 0. The van der Waals surface area contributed by atoms with Crippen molar-refractivity contribution in [1.29, 1.82) is 0 Å². The van der Waals surface area contributed by atoms with Crippen molar-refractivity contribution in [3.63, 3.8) is 0 Å². The SMILES string of the molecule is Cc1ccc(C(C)NCCC(C)(C)C)cc1. The summed E-state index contributed by atoms with van der Waals surface area (Å²) in [5.74, 6) is 0. The topological polar surface area (TPSA) is 12.0 Å². The molecule has 90 valence electrons. The van der Waals surface area contributed by atoms with Crippen LogP contribution in [0.3, 0.4) is 0 Å². The number of rotatable bonds is 4. The molecule has 0 radical (unpaired) electrons. The molecule has 0 bridgehead atoms. The second kappa shape index (κ2) is 5.49. The Hall–Kier alpha value is -0.820. The fourth-order valence-corrected chi connectivity index (χ4v) is 1.64. The fraction of sp³-hybridized carbons (Fsp3) is 0.600. The van der Waals surface area contributed by atoms with Gasteiger partial charge in [0, 0.05) is 6.04 Å². The predicted molar refractivity (Wildman–Crippen MR) is 71.7 cm³/mol. The highest BCUT2D eigenvalue weighted by molar-refractivity contribution is 5.23. The summed E-state index contributed by atoms with van der Waals surface area (Å²) < 4.78 is 0. The largest absolute Gasteiger partial charge is 0.310 e. The molecule has 0 amide bonds. The highest BCUT2D eigenvalue weighted by Crippen LogP contribution is 2.18. The number of benzene rings is 1. The molecule has 1 nitrogen and oxygen atoms in total. The molecule has 0 aliphatic carbocycles. The van der Waals surface area contributed by atoms with Crippen LogP contribution in [0.2, 0.25) is 0 Å². The first-order valence-electron chi connectivity index (χ1n) is 6.18. The van der Waals surface area contributed by atoms with Gasteiger partial charge in [-0.2, -0.15) is 0 Å². The molecule has 1 aromatic rings. The molecular weight excluding hydrogens is 194 g/mol. The van der Waals surface area contributed by atoms with Gasteiger partial charge in [0.1, 0.15) is 0 Å². The third-order valence-electron chi connectivity index (χ3n) is 2.90. The van der Waals surface area contributed by atoms with E-state index in [2.05, 4.69) is 64.2 Å². The summed E-state index contributed by atoms with van der Waals surface area (Å²) in [5, 5.41) is 3.57. The summed E-state index contributed by atoms with van der Waals surface area (Å²) in [6.07, 6.45) is 1.21. The van der Waals surface area contributed by atoms with E-state index < -0.39 is 0 Å². The summed E-state index contributed by atoms with van der Waals surface area (Å²) in [5.41, 5.74) is 3.12. The number of nitrogens with one attached hydrogen (secondary N) is 1.